The number of rotatable bonds is 17. The first-order valence-electron chi connectivity index (χ1n) is 17.9. The standard InChI is InChI=1S/C44H43N5O5/c50-42(46-27-40(36-17-9-3-10-18-36)37-19-11-4-12-20-37)29-49(28-33-21-23-39(24-22-33)53-30-34-13-5-1-6-14-34)43(51)41(25-38-26-45-32-47-38)48-44(52)54-31-35-15-7-2-8-16-35/h1-24,26,32,40-41H,25,27-31H2,(H,45,47)(H,46,50)(H,48,52). The minimum Gasteiger partial charge on any atom is -0.489 e. The van der Waals surface area contributed by atoms with Gasteiger partial charge in [0.15, 0.2) is 0 Å². The van der Waals surface area contributed by atoms with Gasteiger partial charge in [0.25, 0.3) is 0 Å². The second-order valence-corrected chi connectivity index (χ2v) is 12.8. The first-order valence-corrected chi connectivity index (χ1v) is 17.9. The summed E-state index contributed by atoms with van der Waals surface area (Å²) in [5.41, 5.74) is 5.39. The Balaban J connectivity index is 1.19. The first kappa shape index (κ1) is 37.1. The molecule has 10 heteroatoms. The number of aromatic nitrogens is 2. The fourth-order valence-electron chi connectivity index (χ4n) is 6.05. The van der Waals surface area contributed by atoms with Crippen LogP contribution in [0.1, 0.15) is 39.4 Å². The fraction of sp³-hybridized carbons (Fsp3) is 0.182. The van der Waals surface area contributed by atoms with Gasteiger partial charge in [-0.1, -0.05) is 133 Å². The van der Waals surface area contributed by atoms with E-state index >= 15 is 0 Å². The van der Waals surface area contributed by atoms with Crippen LogP contribution in [0.2, 0.25) is 0 Å². The van der Waals surface area contributed by atoms with E-state index in [1.807, 2.05) is 146 Å². The number of ether oxygens (including phenoxy) is 2. The van der Waals surface area contributed by atoms with Crippen LogP contribution in [0.3, 0.4) is 0 Å². The largest absolute Gasteiger partial charge is 0.489 e. The van der Waals surface area contributed by atoms with Crippen LogP contribution in [0.5, 0.6) is 5.75 Å². The highest BCUT2D eigenvalue weighted by atomic mass is 16.5. The molecule has 0 spiro atoms. The molecule has 0 aliphatic heterocycles. The van der Waals surface area contributed by atoms with Crippen LogP contribution in [0.4, 0.5) is 4.79 Å². The zero-order valence-corrected chi connectivity index (χ0v) is 29.8. The zero-order chi connectivity index (χ0) is 37.4. The van der Waals surface area contributed by atoms with Crippen molar-refractivity contribution in [3.8, 4) is 5.75 Å². The molecule has 5 aromatic carbocycles. The maximum atomic E-state index is 14.4. The van der Waals surface area contributed by atoms with Crippen molar-refractivity contribution in [3.05, 3.63) is 192 Å². The molecule has 1 unspecified atom stereocenters. The highest BCUT2D eigenvalue weighted by Crippen LogP contribution is 2.24. The van der Waals surface area contributed by atoms with Gasteiger partial charge < -0.3 is 30.0 Å². The Morgan fingerprint density at radius 2 is 1.26 bits per heavy atom. The zero-order valence-electron chi connectivity index (χ0n) is 29.8. The summed E-state index contributed by atoms with van der Waals surface area (Å²) in [6.07, 6.45) is 2.45. The van der Waals surface area contributed by atoms with Gasteiger partial charge in [-0.05, 0) is 39.9 Å². The molecule has 54 heavy (non-hydrogen) atoms. The number of carbonyl (C=O) groups is 3. The summed E-state index contributed by atoms with van der Waals surface area (Å²) in [5, 5.41) is 5.82. The van der Waals surface area contributed by atoms with E-state index in [-0.39, 0.29) is 37.9 Å². The van der Waals surface area contributed by atoms with E-state index in [2.05, 4.69) is 20.6 Å². The van der Waals surface area contributed by atoms with Crippen LogP contribution in [-0.2, 0) is 40.5 Å². The summed E-state index contributed by atoms with van der Waals surface area (Å²) < 4.78 is 11.5. The number of nitrogens with one attached hydrogen (secondary N) is 3. The smallest absolute Gasteiger partial charge is 0.408 e. The third-order valence-corrected chi connectivity index (χ3v) is 8.88. The molecule has 0 fully saturated rings. The molecule has 0 saturated heterocycles. The van der Waals surface area contributed by atoms with Gasteiger partial charge in [-0.15, -0.1) is 0 Å². The molecule has 0 radical (unpaired) electrons. The molecule has 6 rings (SSSR count). The van der Waals surface area contributed by atoms with Gasteiger partial charge in [0, 0.05) is 37.3 Å². The van der Waals surface area contributed by atoms with Gasteiger partial charge in [0.2, 0.25) is 11.8 Å². The van der Waals surface area contributed by atoms with E-state index in [0.29, 0.717) is 24.6 Å². The number of aromatic amines is 1. The monoisotopic (exact) mass is 721 g/mol. The Hall–Kier alpha value is -6.68. The Morgan fingerprint density at radius 1 is 0.685 bits per heavy atom. The van der Waals surface area contributed by atoms with Gasteiger partial charge >= 0.3 is 6.09 Å². The minimum absolute atomic E-state index is 0.0342. The lowest BCUT2D eigenvalue weighted by Crippen LogP contribution is -2.52. The molecular formula is C44H43N5O5. The predicted octanol–water partition coefficient (Wildman–Crippen LogP) is 6.80. The number of hydrogen-bond acceptors (Lipinski definition) is 6. The maximum absolute atomic E-state index is 14.4. The molecule has 1 atom stereocenters. The van der Waals surface area contributed by atoms with Crippen molar-refractivity contribution in [2.75, 3.05) is 13.1 Å². The molecule has 10 nitrogen and oxygen atoms in total. The second-order valence-electron chi connectivity index (χ2n) is 12.8. The lowest BCUT2D eigenvalue weighted by Gasteiger charge is -2.28. The van der Waals surface area contributed by atoms with Crippen molar-refractivity contribution in [2.45, 2.75) is 38.1 Å². The highest BCUT2D eigenvalue weighted by molar-refractivity contribution is 5.89. The van der Waals surface area contributed by atoms with Gasteiger partial charge in [-0.25, -0.2) is 9.78 Å². The normalized spacial score (nSPS) is 11.4. The lowest BCUT2D eigenvalue weighted by molar-refractivity contribution is -0.138. The van der Waals surface area contributed by atoms with Gasteiger partial charge in [0.05, 0.1) is 12.9 Å². The van der Waals surface area contributed by atoms with Gasteiger partial charge in [-0.3, -0.25) is 9.59 Å². The summed E-state index contributed by atoms with van der Waals surface area (Å²) in [6, 6.07) is 45.5. The summed E-state index contributed by atoms with van der Waals surface area (Å²) in [7, 11) is 0. The van der Waals surface area contributed by atoms with Crippen LogP contribution in [0.15, 0.2) is 158 Å². The Morgan fingerprint density at radius 3 is 1.83 bits per heavy atom. The third kappa shape index (κ3) is 11.2. The Labute approximate surface area is 315 Å². The molecule has 3 amide bonds. The summed E-state index contributed by atoms with van der Waals surface area (Å²) in [6.45, 7) is 0.628. The van der Waals surface area contributed by atoms with Crippen LogP contribution in [-0.4, -0.2) is 51.9 Å². The van der Waals surface area contributed by atoms with Gasteiger partial charge in [-0.2, -0.15) is 0 Å². The van der Waals surface area contributed by atoms with Gasteiger partial charge in [0.1, 0.15) is 25.0 Å². The van der Waals surface area contributed by atoms with Crippen molar-refractivity contribution in [2.24, 2.45) is 0 Å². The average molecular weight is 722 g/mol. The Bertz CT molecular complexity index is 1990. The highest BCUT2D eigenvalue weighted by Gasteiger charge is 2.29. The minimum atomic E-state index is -1.06. The fourth-order valence-corrected chi connectivity index (χ4v) is 6.05. The number of H-pyrrole nitrogens is 1. The quantitative estimate of drug-likeness (QED) is 0.0952. The number of imidazole rings is 1. The Kier molecular flexibility index (Phi) is 13.2. The van der Waals surface area contributed by atoms with Crippen molar-refractivity contribution >= 4 is 17.9 Å². The number of carbonyl (C=O) groups excluding carboxylic acids is 3. The van der Waals surface area contributed by atoms with E-state index < -0.39 is 18.0 Å². The van der Waals surface area contributed by atoms with E-state index in [9.17, 15) is 14.4 Å². The summed E-state index contributed by atoms with van der Waals surface area (Å²) >= 11 is 0. The molecule has 274 valence electrons. The molecule has 3 N–H and O–H groups in total. The van der Waals surface area contributed by atoms with Crippen LogP contribution >= 0.6 is 0 Å². The van der Waals surface area contributed by atoms with E-state index in [1.165, 1.54) is 11.2 Å². The topological polar surface area (TPSA) is 126 Å². The summed E-state index contributed by atoms with van der Waals surface area (Å²) in [5.74, 6) is -0.220. The number of benzene rings is 5. The maximum Gasteiger partial charge on any atom is 0.408 e. The molecule has 1 aromatic heterocycles. The van der Waals surface area contributed by atoms with Crippen LogP contribution in [0, 0.1) is 0 Å². The number of amides is 3. The SMILES string of the molecule is O=C(CN(Cc1ccc(OCc2ccccc2)cc1)C(=O)C(Cc1cnc[nH]1)NC(=O)OCc1ccccc1)NCC(c1ccccc1)c1ccccc1. The molecule has 0 aliphatic carbocycles. The van der Waals surface area contributed by atoms with E-state index in [0.717, 1.165) is 27.8 Å². The molecule has 0 saturated carbocycles. The van der Waals surface area contributed by atoms with Crippen molar-refractivity contribution < 1.29 is 23.9 Å². The third-order valence-electron chi connectivity index (χ3n) is 8.88. The van der Waals surface area contributed by atoms with Crippen LogP contribution < -0.4 is 15.4 Å². The lowest BCUT2D eigenvalue weighted by atomic mass is 9.91. The molecule has 0 aliphatic rings. The molecule has 1 heterocycles. The van der Waals surface area contributed by atoms with Crippen molar-refractivity contribution in [1.29, 1.82) is 0 Å². The summed E-state index contributed by atoms with van der Waals surface area (Å²) in [4.78, 5) is 49.8. The van der Waals surface area contributed by atoms with Crippen molar-refractivity contribution in [3.63, 3.8) is 0 Å². The average Bonchev–Trinajstić information content (AvgIpc) is 3.74. The first-order chi connectivity index (χ1) is 26.5. The molecule has 0 bridgehead atoms. The number of hydrogen-bond donors (Lipinski definition) is 3. The van der Waals surface area contributed by atoms with E-state index in [4.69, 9.17) is 9.47 Å². The number of alkyl carbamates (subject to hydrolysis) is 1. The van der Waals surface area contributed by atoms with Crippen molar-refractivity contribution in [1.82, 2.24) is 25.5 Å². The van der Waals surface area contributed by atoms with E-state index in [1.54, 1.807) is 6.20 Å². The number of nitrogens with zero attached hydrogens (tertiary/aromatic N) is 2. The molecule has 6 aromatic rings. The predicted molar refractivity (Wildman–Crippen MR) is 206 cm³/mol. The second kappa shape index (κ2) is 19.2. The molecular weight excluding hydrogens is 679 g/mol. The van der Waals surface area contributed by atoms with Crippen LogP contribution in [0.25, 0.3) is 0 Å².